The summed E-state index contributed by atoms with van der Waals surface area (Å²) in [5.74, 6) is 0.167. The normalized spacial score (nSPS) is 15.2. The van der Waals surface area contributed by atoms with Crippen LogP contribution in [0.25, 0.3) is 10.9 Å². The Morgan fingerprint density at radius 2 is 1.79 bits per heavy atom. The van der Waals surface area contributed by atoms with Crippen LogP contribution in [0.5, 0.6) is 5.75 Å². The van der Waals surface area contributed by atoms with E-state index in [1.165, 1.54) is 22.5 Å². The third-order valence-electron chi connectivity index (χ3n) is 5.89. The molecular weight excluding hydrogens is 442 g/mol. The summed E-state index contributed by atoms with van der Waals surface area (Å²) in [6.45, 7) is 1.17. The molecule has 8 nitrogen and oxygen atoms in total. The van der Waals surface area contributed by atoms with Gasteiger partial charge < -0.3 is 15.0 Å². The van der Waals surface area contributed by atoms with E-state index in [4.69, 9.17) is 4.74 Å². The summed E-state index contributed by atoms with van der Waals surface area (Å²) in [5, 5.41) is 3.19. The smallest absolute Gasteiger partial charge is 0.252 e. The van der Waals surface area contributed by atoms with Crippen LogP contribution < -0.4 is 15.6 Å². The molecule has 0 unspecified atom stereocenters. The number of sulfonamides is 1. The highest BCUT2D eigenvalue weighted by atomic mass is 32.2. The van der Waals surface area contributed by atoms with Crippen molar-refractivity contribution in [2.75, 3.05) is 20.2 Å². The average Bonchev–Trinajstić information content (AvgIpc) is 3.12. The number of amides is 1. The number of nitrogens with one attached hydrogen (secondary N) is 2. The molecule has 33 heavy (non-hydrogen) atoms. The van der Waals surface area contributed by atoms with Gasteiger partial charge in [0.05, 0.1) is 17.6 Å². The Labute approximate surface area is 192 Å². The molecule has 0 spiro atoms. The summed E-state index contributed by atoms with van der Waals surface area (Å²) in [6, 6.07) is 13.0. The number of aromatic nitrogens is 1. The second kappa shape index (κ2) is 9.76. The zero-order valence-corrected chi connectivity index (χ0v) is 19.3. The van der Waals surface area contributed by atoms with Gasteiger partial charge in [-0.3, -0.25) is 9.59 Å². The number of carbonyl (C=O) groups is 1. The third kappa shape index (κ3) is 4.94. The fraction of sp³-hybridized carbons (Fsp3) is 0.333. The number of methoxy groups -OCH3 is 1. The highest BCUT2D eigenvalue weighted by Gasteiger charge is 2.26. The van der Waals surface area contributed by atoms with E-state index in [-0.39, 0.29) is 17.0 Å². The van der Waals surface area contributed by atoms with Gasteiger partial charge in [0.25, 0.3) is 5.91 Å². The number of fused-ring (bicyclic) bond motifs is 1. The van der Waals surface area contributed by atoms with Crippen molar-refractivity contribution in [2.24, 2.45) is 0 Å². The van der Waals surface area contributed by atoms with Crippen LogP contribution in [0.3, 0.4) is 0 Å². The number of carbonyl (C=O) groups excluding carboxylic acids is 1. The maximum atomic E-state index is 13.3. The van der Waals surface area contributed by atoms with Gasteiger partial charge in [0, 0.05) is 42.2 Å². The van der Waals surface area contributed by atoms with E-state index in [1.807, 2.05) is 18.2 Å². The van der Waals surface area contributed by atoms with E-state index in [0.717, 1.165) is 31.2 Å². The van der Waals surface area contributed by atoms with Crippen molar-refractivity contribution >= 4 is 26.8 Å². The van der Waals surface area contributed by atoms with Gasteiger partial charge in [-0.2, -0.15) is 4.31 Å². The summed E-state index contributed by atoms with van der Waals surface area (Å²) < 4.78 is 33.3. The summed E-state index contributed by atoms with van der Waals surface area (Å²) in [6.07, 6.45) is 3.69. The zero-order chi connectivity index (χ0) is 23.4. The van der Waals surface area contributed by atoms with Gasteiger partial charge in [0.1, 0.15) is 5.75 Å². The molecule has 1 aliphatic heterocycles. The molecule has 0 aliphatic carbocycles. The molecule has 9 heteroatoms. The Morgan fingerprint density at radius 3 is 2.52 bits per heavy atom. The summed E-state index contributed by atoms with van der Waals surface area (Å²) >= 11 is 0. The molecule has 1 aromatic heterocycles. The first-order chi connectivity index (χ1) is 15.9. The minimum atomic E-state index is -3.70. The Kier molecular flexibility index (Phi) is 6.80. The molecule has 1 fully saturated rings. The zero-order valence-electron chi connectivity index (χ0n) is 18.5. The molecule has 2 heterocycles. The van der Waals surface area contributed by atoms with E-state index >= 15 is 0 Å². The van der Waals surface area contributed by atoms with Crippen molar-refractivity contribution in [3.63, 3.8) is 0 Å². The van der Waals surface area contributed by atoms with Crippen molar-refractivity contribution < 1.29 is 17.9 Å². The lowest BCUT2D eigenvalue weighted by atomic mass is 10.1. The van der Waals surface area contributed by atoms with Crippen LogP contribution in [0.1, 0.15) is 41.6 Å². The minimum Gasteiger partial charge on any atom is -0.496 e. The standard InChI is InChI=1S/C24H27N3O5S/c1-32-22-9-5-4-8-17(22)16-25-24(29)20-15-23(28)26-21-11-10-18(14-19(20)21)33(30,31)27-12-6-2-3-7-13-27/h4-5,8-11,14-15H,2-3,6-7,12-13,16H2,1H3,(H,25,29)(H,26,28). The largest absolute Gasteiger partial charge is 0.496 e. The van der Waals surface area contributed by atoms with E-state index in [2.05, 4.69) is 10.3 Å². The van der Waals surface area contributed by atoms with E-state index in [1.54, 1.807) is 19.2 Å². The highest BCUT2D eigenvalue weighted by Crippen LogP contribution is 2.25. The molecule has 3 aromatic rings. The Balaban J connectivity index is 1.68. The fourth-order valence-electron chi connectivity index (χ4n) is 4.13. The fourth-order valence-corrected chi connectivity index (χ4v) is 5.68. The monoisotopic (exact) mass is 469 g/mol. The molecule has 0 bridgehead atoms. The minimum absolute atomic E-state index is 0.114. The second-order valence-corrected chi connectivity index (χ2v) is 10.0. The number of para-hydroxylation sites is 1. The Hall–Kier alpha value is -3.17. The lowest BCUT2D eigenvalue weighted by Crippen LogP contribution is -2.32. The molecule has 1 aliphatic rings. The number of benzene rings is 2. The second-order valence-electron chi connectivity index (χ2n) is 8.07. The van der Waals surface area contributed by atoms with Crippen LogP contribution in [0.15, 0.2) is 58.2 Å². The van der Waals surface area contributed by atoms with Crippen molar-refractivity contribution in [2.45, 2.75) is 37.1 Å². The molecule has 2 N–H and O–H groups in total. The van der Waals surface area contributed by atoms with Crippen LogP contribution in [0.4, 0.5) is 0 Å². The predicted octanol–water partition coefficient (Wildman–Crippen LogP) is 3.03. The summed E-state index contributed by atoms with van der Waals surface area (Å²) in [4.78, 5) is 28.0. The molecule has 0 saturated carbocycles. The quantitative estimate of drug-likeness (QED) is 0.577. The number of nitrogens with zero attached hydrogens (tertiary/aromatic N) is 1. The van der Waals surface area contributed by atoms with Gasteiger partial charge in [-0.25, -0.2) is 8.42 Å². The van der Waals surface area contributed by atoms with Crippen molar-refractivity contribution in [3.05, 3.63) is 70.0 Å². The highest BCUT2D eigenvalue weighted by molar-refractivity contribution is 7.89. The lowest BCUT2D eigenvalue weighted by molar-refractivity contribution is 0.0952. The van der Waals surface area contributed by atoms with E-state index in [9.17, 15) is 18.0 Å². The summed E-state index contributed by atoms with van der Waals surface area (Å²) in [5.41, 5.74) is 0.872. The first-order valence-corrected chi connectivity index (χ1v) is 12.4. The van der Waals surface area contributed by atoms with Gasteiger partial charge in [0.2, 0.25) is 15.6 Å². The molecule has 1 amide bonds. The van der Waals surface area contributed by atoms with Crippen molar-refractivity contribution in [3.8, 4) is 5.75 Å². The molecule has 1 saturated heterocycles. The van der Waals surface area contributed by atoms with Crippen LogP contribution in [0.2, 0.25) is 0 Å². The molecule has 0 radical (unpaired) electrons. The van der Waals surface area contributed by atoms with E-state index in [0.29, 0.717) is 29.7 Å². The molecule has 174 valence electrons. The van der Waals surface area contributed by atoms with Gasteiger partial charge in [-0.15, -0.1) is 0 Å². The Bertz CT molecular complexity index is 1330. The first-order valence-electron chi connectivity index (χ1n) is 11.0. The van der Waals surface area contributed by atoms with Crippen molar-refractivity contribution in [1.29, 1.82) is 0 Å². The third-order valence-corrected chi connectivity index (χ3v) is 7.79. The van der Waals surface area contributed by atoms with E-state index < -0.39 is 21.5 Å². The molecular formula is C24H27N3O5S. The number of H-pyrrole nitrogens is 1. The van der Waals surface area contributed by atoms with Crippen LogP contribution >= 0.6 is 0 Å². The van der Waals surface area contributed by atoms with Crippen LogP contribution in [-0.2, 0) is 16.6 Å². The van der Waals surface area contributed by atoms with Gasteiger partial charge in [-0.1, -0.05) is 31.0 Å². The molecule has 0 atom stereocenters. The average molecular weight is 470 g/mol. The Morgan fingerprint density at radius 1 is 1.06 bits per heavy atom. The topological polar surface area (TPSA) is 109 Å². The van der Waals surface area contributed by atoms with Crippen molar-refractivity contribution in [1.82, 2.24) is 14.6 Å². The van der Waals surface area contributed by atoms with Gasteiger partial charge in [0.15, 0.2) is 0 Å². The van der Waals surface area contributed by atoms with Gasteiger partial charge in [-0.05, 0) is 37.1 Å². The maximum absolute atomic E-state index is 13.3. The maximum Gasteiger partial charge on any atom is 0.252 e. The first kappa shape index (κ1) is 23.0. The van der Waals surface area contributed by atoms with Crippen LogP contribution in [-0.4, -0.2) is 43.8 Å². The SMILES string of the molecule is COc1ccccc1CNC(=O)c1cc(=O)[nH]c2ccc(S(=O)(=O)N3CCCCCC3)cc12. The lowest BCUT2D eigenvalue weighted by Gasteiger charge is -2.20. The number of ether oxygens (including phenoxy) is 1. The molecule has 4 rings (SSSR count). The van der Waals surface area contributed by atoms with Gasteiger partial charge >= 0.3 is 0 Å². The number of hydrogen-bond acceptors (Lipinski definition) is 5. The summed E-state index contributed by atoms with van der Waals surface area (Å²) in [7, 11) is -2.15. The predicted molar refractivity (Wildman–Crippen MR) is 126 cm³/mol. The molecule has 2 aromatic carbocycles. The van der Waals surface area contributed by atoms with Crippen LogP contribution in [0, 0.1) is 0 Å². The number of pyridine rings is 1. The number of rotatable bonds is 6. The number of aromatic amines is 1. The number of hydrogen-bond donors (Lipinski definition) is 2.